The molecule has 0 radical (unpaired) electrons. The Morgan fingerprint density at radius 2 is 1.76 bits per heavy atom. The van der Waals surface area contributed by atoms with E-state index in [0.717, 1.165) is 23.3 Å². The van der Waals surface area contributed by atoms with Crippen LogP contribution in [-0.2, 0) is 9.59 Å². The number of aryl methyl sites for hydroxylation is 2. The number of amides is 1. The van der Waals surface area contributed by atoms with Crippen molar-refractivity contribution in [3.05, 3.63) is 75.3 Å². The van der Waals surface area contributed by atoms with Crippen LogP contribution in [0.25, 0.3) is 5.76 Å². The minimum atomic E-state index is -0.999. The highest BCUT2D eigenvalue weighted by atomic mass is 32.1. The van der Waals surface area contributed by atoms with Crippen molar-refractivity contribution in [1.29, 1.82) is 0 Å². The summed E-state index contributed by atoms with van der Waals surface area (Å²) in [6, 6.07) is 11.2. The minimum absolute atomic E-state index is 0.0687. The van der Waals surface area contributed by atoms with E-state index in [1.165, 1.54) is 11.8 Å². The lowest BCUT2D eigenvalue weighted by Crippen LogP contribution is -2.29. The van der Waals surface area contributed by atoms with Crippen LogP contribution in [0, 0.1) is 13.8 Å². The van der Waals surface area contributed by atoms with Crippen molar-refractivity contribution in [2.75, 3.05) is 18.1 Å². The van der Waals surface area contributed by atoms with Gasteiger partial charge in [-0.2, -0.15) is 0 Å². The summed E-state index contributed by atoms with van der Waals surface area (Å²) in [5, 5.41) is 11.5. The fourth-order valence-corrected chi connectivity index (χ4v) is 5.31. The van der Waals surface area contributed by atoms with Crippen LogP contribution in [0.1, 0.15) is 65.3 Å². The van der Waals surface area contributed by atoms with E-state index < -0.39 is 17.7 Å². The number of carbonyl (C=O) groups excluding carboxylic acids is 3. The molecule has 1 aromatic heterocycles. The molecule has 1 unspecified atom stereocenters. The van der Waals surface area contributed by atoms with Gasteiger partial charge in [0, 0.05) is 12.5 Å². The van der Waals surface area contributed by atoms with Crippen LogP contribution in [0.15, 0.2) is 48.0 Å². The molecule has 1 atom stereocenters. The van der Waals surface area contributed by atoms with Gasteiger partial charge >= 0.3 is 5.91 Å². The van der Waals surface area contributed by atoms with E-state index in [-0.39, 0.29) is 22.2 Å². The van der Waals surface area contributed by atoms with Gasteiger partial charge in [-0.15, -0.1) is 0 Å². The maximum atomic E-state index is 13.5. The average molecular weight is 535 g/mol. The summed E-state index contributed by atoms with van der Waals surface area (Å²) in [5.41, 5.74) is 2.32. The molecular weight excluding hydrogens is 504 g/mol. The monoisotopic (exact) mass is 534 g/mol. The second-order valence-corrected chi connectivity index (χ2v) is 9.97. The predicted octanol–water partition coefficient (Wildman–Crippen LogP) is 5.78. The summed E-state index contributed by atoms with van der Waals surface area (Å²) in [5.74, 6) is -1.15. The summed E-state index contributed by atoms with van der Waals surface area (Å²) in [6.45, 7) is 9.75. The van der Waals surface area contributed by atoms with Crippen LogP contribution in [-0.4, -0.2) is 40.8 Å². The number of carbonyl (C=O) groups is 3. The topological polar surface area (TPSA) is 106 Å². The highest BCUT2D eigenvalue weighted by Crippen LogP contribution is 2.45. The molecule has 8 nitrogen and oxygen atoms in total. The van der Waals surface area contributed by atoms with E-state index in [0.29, 0.717) is 46.4 Å². The molecule has 3 aromatic rings. The number of thiazole rings is 1. The fraction of sp³-hybridized carbons (Fsp3) is 0.310. The molecular formula is C29H30N2O6S. The van der Waals surface area contributed by atoms with E-state index in [1.54, 1.807) is 37.3 Å². The van der Waals surface area contributed by atoms with Crippen molar-refractivity contribution in [2.45, 2.75) is 47.1 Å². The Morgan fingerprint density at radius 3 is 2.37 bits per heavy atom. The zero-order valence-corrected chi connectivity index (χ0v) is 22.8. The molecule has 9 heteroatoms. The van der Waals surface area contributed by atoms with E-state index in [2.05, 4.69) is 4.98 Å². The molecule has 2 heterocycles. The van der Waals surface area contributed by atoms with Gasteiger partial charge in [0.1, 0.15) is 5.76 Å². The lowest BCUT2D eigenvalue weighted by molar-refractivity contribution is -0.132. The quantitative estimate of drug-likeness (QED) is 0.161. The van der Waals surface area contributed by atoms with Gasteiger partial charge < -0.3 is 14.6 Å². The van der Waals surface area contributed by atoms with Crippen LogP contribution in [0.5, 0.6) is 11.5 Å². The molecule has 1 aliphatic rings. The third-order valence-corrected chi connectivity index (χ3v) is 7.38. The van der Waals surface area contributed by atoms with Crippen molar-refractivity contribution >= 4 is 39.7 Å². The summed E-state index contributed by atoms with van der Waals surface area (Å²) in [7, 11) is 0. The number of benzene rings is 2. The first kappa shape index (κ1) is 27.1. The van der Waals surface area contributed by atoms with Crippen LogP contribution in [0.4, 0.5) is 5.13 Å². The lowest BCUT2D eigenvalue weighted by Gasteiger charge is -2.24. The Labute approximate surface area is 225 Å². The second kappa shape index (κ2) is 11.2. The molecule has 1 fully saturated rings. The summed E-state index contributed by atoms with van der Waals surface area (Å²) < 4.78 is 11.7. The molecule has 0 saturated carbocycles. The Balaban J connectivity index is 1.94. The van der Waals surface area contributed by atoms with E-state index >= 15 is 0 Å². The van der Waals surface area contributed by atoms with Gasteiger partial charge in [0.2, 0.25) is 0 Å². The maximum Gasteiger partial charge on any atom is 0.301 e. The molecule has 1 N–H and O–H groups in total. The van der Waals surface area contributed by atoms with Crippen molar-refractivity contribution in [1.82, 2.24) is 4.98 Å². The molecule has 0 bridgehead atoms. The molecule has 1 amide bonds. The number of aromatic nitrogens is 1. The van der Waals surface area contributed by atoms with Gasteiger partial charge in [-0.1, -0.05) is 54.2 Å². The van der Waals surface area contributed by atoms with Gasteiger partial charge in [-0.25, -0.2) is 4.98 Å². The zero-order chi connectivity index (χ0) is 27.6. The number of ketones is 2. The molecule has 38 heavy (non-hydrogen) atoms. The summed E-state index contributed by atoms with van der Waals surface area (Å²) in [6.07, 6.45) is 0.811. The maximum absolute atomic E-state index is 13.5. The number of aliphatic hydroxyl groups excluding tert-OH is 1. The number of Topliss-reactive ketones (excluding diaryl/α,β-unsaturated/α-hetero) is 2. The largest absolute Gasteiger partial charge is 0.507 e. The highest BCUT2D eigenvalue weighted by molar-refractivity contribution is 7.18. The lowest BCUT2D eigenvalue weighted by atomic mass is 9.95. The first-order chi connectivity index (χ1) is 18.2. The Hall–Kier alpha value is -3.98. The van der Waals surface area contributed by atoms with Crippen molar-refractivity contribution in [3.63, 3.8) is 0 Å². The first-order valence-corrected chi connectivity index (χ1v) is 13.2. The number of rotatable bonds is 9. The zero-order valence-electron chi connectivity index (χ0n) is 22.0. The van der Waals surface area contributed by atoms with Crippen molar-refractivity contribution in [3.8, 4) is 11.5 Å². The average Bonchev–Trinajstić information content (AvgIpc) is 3.40. The van der Waals surface area contributed by atoms with Gasteiger partial charge in [-0.3, -0.25) is 19.3 Å². The summed E-state index contributed by atoms with van der Waals surface area (Å²) in [4.78, 5) is 45.2. The van der Waals surface area contributed by atoms with Gasteiger partial charge in [0.15, 0.2) is 22.4 Å². The molecule has 2 aromatic carbocycles. The molecule has 0 aliphatic carbocycles. The van der Waals surface area contributed by atoms with Crippen LogP contribution < -0.4 is 14.4 Å². The normalized spacial score (nSPS) is 16.7. The molecule has 1 aliphatic heterocycles. The van der Waals surface area contributed by atoms with Gasteiger partial charge in [0.05, 0.1) is 35.4 Å². The number of aliphatic hydroxyl groups is 1. The van der Waals surface area contributed by atoms with Crippen LogP contribution in [0.3, 0.4) is 0 Å². The number of hydrogen-bond acceptors (Lipinski definition) is 8. The van der Waals surface area contributed by atoms with Crippen LogP contribution in [0.2, 0.25) is 0 Å². The Bertz CT molecular complexity index is 1420. The SMILES string of the molecule is CCCOc1ccc(C2C(=C(O)c3ccc(C)cc3)C(=O)C(=O)N2c2nc(C)c(C(C)=O)s2)cc1OCC. The van der Waals surface area contributed by atoms with Crippen LogP contribution >= 0.6 is 11.3 Å². The van der Waals surface area contributed by atoms with Crippen molar-refractivity contribution in [2.24, 2.45) is 0 Å². The first-order valence-electron chi connectivity index (χ1n) is 12.4. The van der Waals surface area contributed by atoms with Crippen molar-refractivity contribution < 1.29 is 29.0 Å². The predicted molar refractivity (Wildman–Crippen MR) is 146 cm³/mol. The molecule has 1 saturated heterocycles. The molecule has 0 spiro atoms. The second-order valence-electron chi connectivity index (χ2n) is 8.99. The standard InChI is InChI=1S/C29H30N2O6S/c1-6-14-37-21-13-12-20(15-22(21)36-7-2)24-23(25(33)19-10-8-16(3)9-11-19)26(34)28(35)31(24)29-30-17(4)27(38-29)18(5)32/h8-13,15,24,33H,6-7,14H2,1-5H3. The number of hydrogen-bond donors (Lipinski definition) is 1. The third kappa shape index (κ3) is 5.06. The third-order valence-electron chi connectivity index (χ3n) is 6.13. The van der Waals surface area contributed by atoms with E-state index in [1.807, 2.05) is 32.9 Å². The number of ether oxygens (including phenoxy) is 2. The Kier molecular flexibility index (Phi) is 7.97. The number of anilines is 1. The smallest absolute Gasteiger partial charge is 0.301 e. The van der Waals surface area contributed by atoms with E-state index in [9.17, 15) is 19.5 Å². The minimum Gasteiger partial charge on any atom is -0.507 e. The van der Waals surface area contributed by atoms with Gasteiger partial charge in [0.25, 0.3) is 5.78 Å². The molecule has 4 rings (SSSR count). The summed E-state index contributed by atoms with van der Waals surface area (Å²) >= 11 is 1.04. The van der Waals surface area contributed by atoms with E-state index in [4.69, 9.17) is 9.47 Å². The Morgan fingerprint density at radius 1 is 1.05 bits per heavy atom. The highest BCUT2D eigenvalue weighted by Gasteiger charge is 2.48. The van der Waals surface area contributed by atoms with Gasteiger partial charge in [-0.05, 0) is 44.9 Å². The number of nitrogens with zero attached hydrogens (tertiary/aromatic N) is 2. The molecule has 198 valence electrons. The fourth-order valence-electron chi connectivity index (χ4n) is 4.32.